The number of benzene rings is 2. The fourth-order valence-corrected chi connectivity index (χ4v) is 10.6. The number of pyridine rings is 1. The molecule has 1 aromatic heterocycles. The van der Waals surface area contributed by atoms with Gasteiger partial charge in [-0.25, -0.2) is 4.99 Å². The van der Waals surface area contributed by atoms with E-state index >= 15 is 0 Å². The van der Waals surface area contributed by atoms with E-state index in [1.165, 1.54) is 10.4 Å². The first kappa shape index (κ1) is 30.6. The average molecular weight is 589 g/mol. The van der Waals surface area contributed by atoms with Crippen LogP contribution in [0.15, 0.2) is 84.0 Å². The molecular formula is C34H44N2O5Si. The number of aliphatic imine (C=N–C) groups is 1. The van der Waals surface area contributed by atoms with Gasteiger partial charge in [0.1, 0.15) is 12.7 Å². The smallest absolute Gasteiger partial charge is 0.261 e. The molecule has 8 heteroatoms. The molecule has 0 bridgehead atoms. The summed E-state index contributed by atoms with van der Waals surface area (Å²) in [4.78, 5) is 9.14. The van der Waals surface area contributed by atoms with Gasteiger partial charge in [-0.1, -0.05) is 81.4 Å². The van der Waals surface area contributed by atoms with Gasteiger partial charge in [-0.2, -0.15) is 0 Å². The molecule has 0 saturated carbocycles. The third-order valence-corrected chi connectivity index (χ3v) is 13.0. The summed E-state index contributed by atoms with van der Waals surface area (Å²) in [6, 6.07) is 24.8. The molecule has 1 saturated heterocycles. The average Bonchev–Trinajstić information content (AvgIpc) is 3.46. The van der Waals surface area contributed by atoms with Crippen molar-refractivity contribution in [2.45, 2.75) is 89.6 Å². The number of hydrogen-bond donors (Lipinski definition) is 1. The van der Waals surface area contributed by atoms with Crippen LogP contribution in [0.1, 0.15) is 72.2 Å². The number of ether oxygens (including phenoxy) is 3. The number of aliphatic hydroxyl groups is 1. The van der Waals surface area contributed by atoms with Crippen molar-refractivity contribution in [2.75, 3.05) is 13.2 Å². The predicted octanol–water partition coefficient (Wildman–Crippen LogP) is 5.16. The number of hydrogen-bond acceptors (Lipinski definition) is 7. The molecule has 1 N–H and O–H groups in total. The fraction of sp³-hybridized carbons (Fsp3) is 0.471. The van der Waals surface area contributed by atoms with Crippen molar-refractivity contribution < 1.29 is 23.7 Å². The Kier molecular flexibility index (Phi) is 8.48. The van der Waals surface area contributed by atoms with Crippen LogP contribution in [-0.4, -0.2) is 61.1 Å². The van der Waals surface area contributed by atoms with E-state index in [9.17, 15) is 5.11 Å². The Morgan fingerprint density at radius 3 is 2.07 bits per heavy atom. The molecule has 3 atom stereocenters. The lowest BCUT2D eigenvalue weighted by Crippen LogP contribution is -2.67. The van der Waals surface area contributed by atoms with Gasteiger partial charge in [0.2, 0.25) is 5.90 Å². The normalized spacial score (nSPS) is 22.4. The maximum Gasteiger partial charge on any atom is 0.261 e. The molecule has 3 heterocycles. The van der Waals surface area contributed by atoms with Crippen molar-refractivity contribution in [2.24, 2.45) is 4.99 Å². The molecule has 3 aromatic rings. The van der Waals surface area contributed by atoms with Crippen LogP contribution in [-0.2, 0) is 18.6 Å². The van der Waals surface area contributed by atoms with Crippen molar-refractivity contribution in [1.82, 2.24) is 4.98 Å². The standard InChI is InChI=1S/C34H44N2O5Si/c1-32(2,3)42(25-14-10-8-11-15-25,26-16-12-9-13-17-26)39-22-30-29(40-34(6,7)41-30)21-28(37)27-20-24(18-19-35-27)31-36-33(4,5)23-38-31/h8-20,28-30,37H,21-23H2,1-7H3/t28?,29-,30+/m0/s1. The molecule has 0 spiro atoms. The predicted molar refractivity (Wildman–Crippen MR) is 168 cm³/mol. The molecule has 2 aromatic carbocycles. The molecule has 1 fully saturated rings. The van der Waals surface area contributed by atoms with Crippen LogP contribution < -0.4 is 10.4 Å². The van der Waals surface area contributed by atoms with Crippen LogP contribution in [0.2, 0.25) is 5.04 Å². The Labute approximate surface area is 251 Å². The van der Waals surface area contributed by atoms with Crippen LogP contribution in [0.4, 0.5) is 0 Å². The summed E-state index contributed by atoms with van der Waals surface area (Å²) in [6.45, 7) is 15.5. The number of rotatable bonds is 9. The Bertz CT molecular complexity index is 1350. The minimum atomic E-state index is -2.77. The zero-order valence-corrected chi connectivity index (χ0v) is 26.8. The second kappa shape index (κ2) is 11.7. The maximum absolute atomic E-state index is 11.3. The fourth-order valence-electron chi connectivity index (χ4n) is 6.06. The van der Waals surface area contributed by atoms with E-state index in [1.54, 1.807) is 6.20 Å². The van der Waals surface area contributed by atoms with Crippen LogP contribution in [0.5, 0.6) is 0 Å². The molecule has 224 valence electrons. The largest absolute Gasteiger partial charge is 0.475 e. The molecule has 1 unspecified atom stereocenters. The minimum Gasteiger partial charge on any atom is -0.475 e. The van der Waals surface area contributed by atoms with Gasteiger partial charge in [-0.15, -0.1) is 0 Å². The minimum absolute atomic E-state index is 0.163. The van der Waals surface area contributed by atoms with Gasteiger partial charge in [0.15, 0.2) is 5.79 Å². The second-order valence-corrected chi connectivity index (χ2v) is 17.7. The van der Waals surface area contributed by atoms with E-state index in [-0.39, 0.29) is 16.7 Å². The van der Waals surface area contributed by atoms with E-state index in [0.29, 0.717) is 31.2 Å². The lowest BCUT2D eigenvalue weighted by molar-refractivity contribution is -0.150. The van der Waals surface area contributed by atoms with Gasteiger partial charge in [-0.05, 0) is 55.2 Å². The number of aromatic nitrogens is 1. The lowest BCUT2D eigenvalue weighted by atomic mass is 10.0. The molecule has 5 rings (SSSR count). The van der Waals surface area contributed by atoms with Crippen molar-refractivity contribution >= 4 is 24.6 Å². The second-order valence-electron chi connectivity index (χ2n) is 13.4. The third kappa shape index (κ3) is 6.38. The zero-order valence-electron chi connectivity index (χ0n) is 25.8. The molecule has 0 amide bonds. The van der Waals surface area contributed by atoms with Crippen molar-refractivity contribution in [3.05, 3.63) is 90.3 Å². The molecule has 2 aliphatic rings. The van der Waals surface area contributed by atoms with E-state index in [4.69, 9.17) is 18.6 Å². The first-order valence-corrected chi connectivity index (χ1v) is 16.7. The highest BCUT2D eigenvalue weighted by Crippen LogP contribution is 2.39. The van der Waals surface area contributed by atoms with Gasteiger partial charge in [0.25, 0.3) is 8.32 Å². The number of nitrogens with zero attached hydrogens (tertiary/aromatic N) is 2. The Hall–Kier alpha value is -2.88. The maximum atomic E-state index is 11.3. The van der Waals surface area contributed by atoms with Crippen molar-refractivity contribution in [3.63, 3.8) is 0 Å². The van der Waals surface area contributed by atoms with E-state index in [1.807, 2.05) is 52.0 Å². The zero-order chi connectivity index (χ0) is 30.2. The monoisotopic (exact) mass is 588 g/mol. The molecule has 2 aliphatic heterocycles. The highest BCUT2D eigenvalue weighted by atomic mass is 28.4. The molecular weight excluding hydrogens is 544 g/mol. The van der Waals surface area contributed by atoms with Gasteiger partial charge >= 0.3 is 0 Å². The van der Waals surface area contributed by atoms with Crippen LogP contribution >= 0.6 is 0 Å². The van der Waals surface area contributed by atoms with Crippen molar-refractivity contribution in [3.8, 4) is 0 Å². The Balaban J connectivity index is 1.39. The lowest BCUT2D eigenvalue weighted by Gasteiger charge is -2.43. The summed E-state index contributed by atoms with van der Waals surface area (Å²) in [7, 11) is -2.77. The molecule has 0 aliphatic carbocycles. The molecule has 0 radical (unpaired) electrons. The summed E-state index contributed by atoms with van der Waals surface area (Å²) in [5, 5.41) is 13.6. The quantitative estimate of drug-likeness (QED) is 0.348. The van der Waals surface area contributed by atoms with Crippen LogP contribution in [0, 0.1) is 0 Å². The molecule has 7 nitrogen and oxygen atoms in total. The highest BCUT2D eigenvalue weighted by Gasteiger charge is 2.52. The van der Waals surface area contributed by atoms with Gasteiger partial charge in [-0.3, -0.25) is 4.98 Å². The van der Waals surface area contributed by atoms with Gasteiger partial charge in [0, 0.05) is 18.2 Å². The third-order valence-electron chi connectivity index (χ3n) is 7.96. The summed E-state index contributed by atoms with van der Waals surface area (Å²) in [5.74, 6) is -0.231. The Morgan fingerprint density at radius 2 is 1.52 bits per heavy atom. The number of aliphatic hydroxyl groups excluding tert-OH is 1. The van der Waals surface area contributed by atoms with Gasteiger partial charge in [0.05, 0.1) is 30.0 Å². The van der Waals surface area contributed by atoms with E-state index in [2.05, 4.69) is 79.3 Å². The summed E-state index contributed by atoms with van der Waals surface area (Å²) in [5.41, 5.74) is 1.08. The van der Waals surface area contributed by atoms with Crippen molar-refractivity contribution in [1.29, 1.82) is 0 Å². The first-order chi connectivity index (χ1) is 19.8. The van der Waals surface area contributed by atoms with Gasteiger partial charge < -0.3 is 23.7 Å². The SMILES string of the molecule is CC1(C)COC(c2ccnc(C(O)C[C@@H]3OC(C)(C)O[C@@H]3CO[Si](c3ccccc3)(c3ccccc3)C(C)(C)C)c2)=N1. The van der Waals surface area contributed by atoms with Crippen LogP contribution in [0.3, 0.4) is 0 Å². The Morgan fingerprint density at radius 1 is 0.929 bits per heavy atom. The van der Waals surface area contributed by atoms with E-state index < -0.39 is 26.3 Å². The highest BCUT2D eigenvalue weighted by molar-refractivity contribution is 6.99. The topological polar surface area (TPSA) is 82.4 Å². The summed E-state index contributed by atoms with van der Waals surface area (Å²) >= 11 is 0. The van der Waals surface area contributed by atoms with E-state index in [0.717, 1.165) is 5.56 Å². The summed E-state index contributed by atoms with van der Waals surface area (Å²) < 4.78 is 25.7. The molecule has 42 heavy (non-hydrogen) atoms. The summed E-state index contributed by atoms with van der Waals surface area (Å²) in [6.07, 6.45) is 0.372. The van der Waals surface area contributed by atoms with Crippen LogP contribution in [0.25, 0.3) is 0 Å². The first-order valence-electron chi connectivity index (χ1n) is 14.8.